The number of carbonyl (C=O) groups is 2. The minimum Gasteiger partial charge on any atom is -0.497 e. The second kappa shape index (κ2) is 14.4. The Hall–Kier alpha value is -4.13. The van der Waals surface area contributed by atoms with Gasteiger partial charge < -0.3 is 19.7 Å². The van der Waals surface area contributed by atoms with Crippen LogP contribution in [0.15, 0.2) is 66.7 Å². The Balaban J connectivity index is 1.49. The lowest BCUT2D eigenvalue weighted by atomic mass is 10.1. The standard InChI is InChI=1S/C30H33NO6/c1-36-26-16-10-22(11-17-26)6-4-2-3-5-21-37-28-19-15-25(31-27(28)18-20-29(32)33)14-9-23-7-12-24(13-8-23)30(34)35/h4,6-8,10-13,15-17,19H,2-3,5,9,14,18,20-21H2,1H3,(H,32,33)(H,34,35). The zero-order valence-corrected chi connectivity index (χ0v) is 21.1. The summed E-state index contributed by atoms with van der Waals surface area (Å²) >= 11 is 0. The fourth-order valence-electron chi connectivity index (χ4n) is 3.78. The molecule has 0 aliphatic rings. The van der Waals surface area contributed by atoms with E-state index in [2.05, 4.69) is 17.1 Å². The van der Waals surface area contributed by atoms with Gasteiger partial charge in [0.1, 0.15) is 11.5 Å². The third kappa shape index (κ3) is 9.44. The lowest BCUT2D eigenvalue weighted by Crippen LogP contribution is -2.07. The van der Waals surface area contributed by atoms with Crippen LogP contribution in [0.3, 0.4) is 0 Å². The first kappa shape index (κ1) is 27.5. The number of carboxylic acid groups (broad SMARTS) is 2. The molecule has 0 unspecified atom stereocenters. The Bertz CT molecular complexity index is 1190. The number of nitrogens with zero attached hydrogens (tertiary/aromatic N) is 1. The number of hydrogen-bond acceptors (Lipinski definition) is 5. The topological polar surface area (TPSA) is 106 Å². The summed E-state index contributed by atoms with van der Waals surface area (Å²) in [6, 6.07) is 18.5. The van der Waals surface area contributed by atoms with Gasteiger partial charge in [-0.1, -0.05) is 36.4 Å². The maximum atomic E-state index is 11.1. The van der Waals surface area contributed by atoms with Gasteiger partial charge >= 0.3 is 11.9 Å². The SMILES string of the molecule is COc1ccc(C=CCCCCOc2ccc(CCc3ccc(C(=O)O)cc3)nc2CCC(=O)O)cc1. The monoisotopic (exact) mass is 503 g/mol. The molecule has 194 valence electrons. The minimum absolute atomic E-state index is 0.0143. The van der Waals surface area contributed by atoms with Gasteiger partial charge in [0.05, 0.1) is 31.4 Å². The lowest BCUT2D eigenvalue weighted by Gasteiger charge is -2.12. The molecule has 3 aromatic rings. The van der Waals surface area contributed by atoms with Crippen molar-refractivity contribution in [3.05, 3.63) is 94.8 Å². The van der Waals surface area contributed by atoms with Crippen molar-refractivity contribution in [1.29, 1.82) is 0 Å². The van der Waals surface area contributed by atoms with Crippen LogP contribution in [0.4, 0.5) is 0 Å². The number of rotatable bonds is 15. The van der Waals surface area contributed by atoms with Crippen LogP contribution in [-0.2, 0) is 24.1 Å². The first-order chi connectivity index (χ1) is 17.9. The van der Waals surface area contributed by atoms with Gasteiger partial charge in [0, 0.05) is 12.1 Å². The third-order valence-corrected chi connectivity index (χ3v) is 5.89. The molecule has 0 atom stereocenters. The fraction of sp³-hybridized carbons (Fsp3) is 0.300. The predicted octanol–water partition coefficient (Wildman–Crippen LogP) is 5.85. The van der Waals surface area contributed by atoms with Gasteiger partial charge in [-0.05, 0) is 79.6 Å². The Labute approximate surface area is 217 Å². The van der Waals surface area contributed by atoms with E-state index < -0.39 is 11.9 Å². The van der Waals surface area contributed by atoms with E-state index in [0.29, 0.717) is 37.3 Å². The van der Waals surface area contributed by atoms with E-state index in [1.54, 1.807) is 31.4 Å². The van der Waals surface area contributed by atoms with Crippen LogP contribution in [0.25, 0.3) is 6.08 Å². The molecule has 0 fully saturated rings. The van der Waals surface area contributed by atoms with Crippen molar-refractivity contribution in [2.75, 3.05) is 13.7 Å². The molecule has 3 rings (SSSR count). The van der Waals surface area contributed by atoms with Gasteiger partial charge in [-0.15, -0.1) is 0 Å². The number of methoxy groups -OCH3 is 1. The van der Waals surface area contributed by atoms with Gasteiger partial charge in [0.15, 0.2) is 0 Å². The molecule has 7 heteroatoms. The van der Waals surface area contributed by atoms with E-state index in [-0.39, 0.29) is 12.0 Å². The summed E-state index contributed by atoms with van der Waals surface area (Å²) < 4.78 is 11.1. The first-order valence-corrected chi connectivity index (χ1v) is 12.4. The maximum Gasteiger partial charge on any atom is 0.335 e. The Kier molecular flexibility index (Phi) is 10.7. The van der Waals surface area contributed by atoms with Crippen molar-refractivity contribution in [2.24, 2.45) is 0 Å². The van der Waals surface area contributed by atoms with Crippen LogP contribution in [0, 0.1) is 0 Å². The van der Waals surface area contributed by atoms with Crippen molar-refractivity contribution in [2.45, 2.75) is 44.9 Å². The number of aliphatic carboxylic acids is 1. The molecule has 0 amide bonds. The molecule has 0 spiro atoms. The van der Waals surface area contributed by atoms with Gasteiger partial charge in [0.25, 0.3) is 0 Å². The smallest absolute Gasteiger partial charge is 0.335 e. The number of allylic oxidation sites excluding steroid dienone is 1. The molecule has 37 heavy (non-hydrogen) atoms. The fourth-order valence-corrected chi connectivity index (χ4v) is 3.78. The Morgan fingerprint density at radius 2 is 1.65 bits per heavy atom. The molecule has 1 aromatic heterocycles. The quantitative estimate of drug-likeness (QED) is 0.251. The van der Waals surface area contributed by atoms with Gasteiger partial charge in [-0.2, -0.15) is 0 Å². The van der Waals surface area contributed by atoms with Crippen LogP contribution in [-0.4, -0.2) is 40.9 Å². The molecule has 7 nitrogen and oxygen atoms in total. The predicted molar refractivity (Wildman–Crippen MR) is 142 cm³/mol. The Morgan fingerprint density at radius 3 is 2.32 bits per heavy atom. The van der Waals surface area contributed by atoms with Crippen molar-refractivity contribution < 1.29 is 29.3 Å². The van der Waals surface area contributed by atoms with E-state index in [1.165, 1.54) is 0 Å². The maximum absolute atomic E-state index is 11.1. The highest BCUT2D eigenvalue weighted by Gasteiger charge is 2.10. The molecular formula is C30H33NO6. The number of aryl methyl sites for hydroxylation is 3. The third-order valence-electron chi connectivity index (χ3n) is 5.89. The number of aromatic nitrogens is 1. The summed E-state index contributed by atoms with van der Waals surface area (Å²) in [7, 11) is 1.65. The first-order valence-electron chi connectivity index (χ1n) is 12.4. The van der Waals surface area contributed by atoms with E-state index in [4.69, 9.17) is 19.7 Å². The van der Waals surface area contributed by atoms with Crippen LogP contribution < -0.4 is 9.47 Å². The molecule has 0 radical (unpaired) electrons. The molecule has 0 aliphatic heterocycles. The normalized spacial score (nSPS) is 10.9. The summed E-state index contributed by atoms with van der Waals surface area (Å²) in [5.74, 6) is -0.353. The summed E-state index contributed by atoms with van der Waals surface area (Å²) in [4.78, 5) is 26.8. The van der Waals surface area contributed by atoms with Crippen molar-refractivity contribution >= 4 is 18.0 Å². The summed E-state index contributed by atoms with van der Waals surface area (Å²) in [5, 5.41) is 18.2. The van der Waals surface area contributed by atoms with Crippen LogP contribution in [0.5, 0.6) is 11.5 Å². The zero-order valence-electron chi connectivity index (χ0n) is 21.1. The van der Waals surface area contributed by atoms with E-state index in [1.807, 2.05) is 36.4 Å². The summed E-state index contributed by atoms with van der Waals surface area (Å²) in [6.45, 7) is 0.535. The number of ether oxygens (including phenoxy) is 2. The van der Waals surface area contributed by atoms with Gasteiger partial charge in [0.2, 0.25) is 0 Å². The number of unbranched alkanes of at least 4 members (excludes halogenated alkanes) is 2. The lowest BCUT2D eigenvalue weighted by molar-refractivity contribution is -0.136. The van der Waals surface area contributed by atoms with Crippen molar-refractivity contribution in [1.82, 2.24) is 4.98 Å². The second-order valence-corrected chi connectivity index (χ2v) is 8.66. The van der Waals surface area contributed by atoms with Gasteiger partial charge in [-0.25, -0.2) is 4.79 Å². The number of benzene rings is 2. The van der Waals surface area contributed by atoms with E-state index in [9.17, 15) is 9.59 Å². The van der Waals surface area contributed by atoms with Crippen molar-refractivity contribution in [3.8, 4) is 11.5 Å². The highest BCUT2D eigenvalue weighted by Crippen LogP contribution is 2.21. The van der Waals surface area contributed by atoms with Crippen LogP contribution in [0.1, 0.15) is 58.6 Å². The second-order valence-electron chi connectivity index (χ2n) is 8.66. The average Bonchev–Trinajstić information content (AvgIpc) is 2.91. The van der Waals surface area contributed by atoms with E-state index >= 15 is 0 Å². The average molecular weight is 504 g/mol. The molecule has 2 N–H and O–H groups in total. The highest BCUT2D eigenvalue weighted by atomic mass is 16.5. The zero-order chi connectivity index (χ0) is 26.5. The van der Waals surface area contributed by atoms with E-state index in [0.717, 1.165) is 41.8 Å². The molecule has 2 aromatic carbocycles. The number of pyridine rings is 1. The number of carboxylic acids is 2. The number of aromatic carboxylic acids is 1. The molecule has 0 bridgehead atoms. The van der Waals surface area contributed by atoms with Crippen LogP contribution in [0.2, 0.25) is 0 Å². The Morgan fingerprint density at radius 1 is 0.892 bits per heavy atom. The summed E-state index contributed by atoms with van der Waals surface area (Å²) in [5.41, 5.74) is 3.90. The number of hydrogen-bond donors (Lipinski definition) is 2. The van der Waals surface area contributed by atoms with Crippen LogP contribution >= 0.6 is 0 Å². The van der Waals surface area contributed by atoms with Crippen molar-refractivity contribution in [3.63, 3.8) is 0 Å². The summed E-state index contributed by atoms with van der Waals surface area (Å²) in [6.07, 6.45) is 8.67. The largest absolute Gasteiger partial charge is 0.497 e. The molecule has 0 saturated carbocycles. The molecule has 0 saturated heterocycles. The molecular weight excluding hydrogens is 470 g/mol. The minimum atomic E-state index is -0.947. The highest BCUT2D eigenvalue weighted by molar-refractivity contribution is 5.87. The van der Waals surface area contributed by atoms with Gasteiger partial charge in [-0.3, -0.25) is 9.78 Å². The molecule has 0 aliphatic carbocycles. The molecule has 1 heterocycles.